The number of hydrogen-bond acceptors (Lipinski definition) is 6. The van der Waals surface area contributed by atoms with Crippen molar-refractivity contribution < 1.29 is 9.21 Å². The van der Waals surface area contributed by atoms with Crippen LogP contribution in [-0.4, -0.2) is 21.9 Å². The Balaban J connectivity index is 1.46. The lowest BCUT2D eigenvalue weighted by molar-refractivity contribution is -0.113. The van der Waals surface area contributed by atoms with Crippen molar-refractivity contribution >= 4 is 40.6 Å². The third-order valence-corrected chi connectivity index (χ3v) is 4.15. The number of amides is 1. The third kappa shape index (κ3) is 5.51. The van der Waals surface area contributed by atoms with E-state index in [1.54, 1.807) is 6.07 Å². The summed E-state index contributed by atoms with van der Waals surface area (Å²) >= 11 is 7.12. The summed E-state index contributed by atoms with van der Waals surface area (Å²) in [4.78, 5) is 11.9. The maximum Gasteiger partial charge on any atom is 0.277 e. The molecule has 0 aliphatic heterocycles. The second kappa shape index (κ2) is 8.55. The van der Waals surface area contributed by atoms with E-state index in [2.05, 4.69) is 20.8 Å². The monoisotopic (exact) mass is 374 g/mol. The van der Waals surface area contributed by atoms with Crippen LogP contribution in [0, 0.1) is 0 Å². The average molecular weight is 375 g/mol. The van der Waals surface area contributed by atoms with Crippen molar-refractivity contribution in [1.29, 1.82) is 0 Å². The molecule has 1 heterocycles. The summed E-state index contributed by atoms with van der Waals surface area (Å²) in [5, 5.41) is 14.8. The van der Waals surface area contributed by atoms with Crippen LogP contribution < -0.4 is 10.6 Å². The predicted molar refractivity (Wildman–Crippen MR) is 98.9 cm³/mol. The number of para-hydroxylation sites is 1. The molecular weight excluding hydrogens is 360 g/mol. The quantitative estimate of drug-likeness (QED) is 0.607. The van der Waals surface area contributed by atoms with Gasteiger partial charge in [0.15, 0.2) is 0 Å². The van der Waals surface area contributed by atoms with Crippen LogP contribution in [0.4, 0.5) is 11.4 Å². The molecular formula is C17H15ClN4O2S. The van der Waals surface area contributed by atoms with E-state index in [1.807, 2.05) is 48.5 Å². The zero-order valence-corrected chi connectivity index (χ0v) is 14.7. The van der Waals surface area contributed by atoms with Crippen LogP contribution in [0.25, 0.3) is 0 Å². The summed E-state index contributed by atoms with van der Waals surface area (Å²) in [5.41, 5.74) is 1.62. The summed E-state index contributed by atoms with van der Waals surface area (Å²) in [6.45, 7) is 0.379. The number of benzene rings is 2. The molecule has 0 atom stereocenters. The van der Waals surface area contributed by atoms with Gasteiger partial charge in [-0.1, -0.05) is 47.6 Å². The second-order valence-electron chi connectivity index (χ2n) is 5.03. The average Bonchev–Trinajstić information content (AvgIpc) is 3.07. The Kier molecular flexibility index (Phi) is 5.92. The molecule has 25 heavy (non-hydrogen) atoms. The highest BCUT2D eigenvalue weighted by Crippen LogP contribution is 2.19. The fraction of sp³-hybridized carbons (Fsp3) is 0.118. The van der Waals surface area contributed by atoms with E-state index in [4.69, 9.17) is 16.0 Å². The van der Waals surface area contributed by atoms with Crippen LogP contribution in [0.15, 0.2) is 64.2 Å². The van der Waals surface area contributed by atoms with Crippen molar-refractivity contribution in [2.75, 3.05) is 16.4 Å². The molecule has 0 unspecified atom stereocenters. The van der Waals surface area contributed by atoms with Crippen molar-refractivity contribution in [3.63, 3.8) is 0 Å². The van der Waals surface area contributed by atoms with E-state index in [0.717, 1.165) is 11.4 Å². The van der Waals surface area contributed by atoms with Crippen LogP contribution in [-0.2, 0) is 11.3 Å². The van der Waals surface area contributed by atoms with E-state index in [1.165, 1.54) is 11.8 Å². The van der Waals surface area contributed by atoms with E-state index in [-0.39, 0.29) is 11.7 Å². The topological polar surface area (TPSA) is 80.1 Å². The smallest absolute Gasteiger partial charge is 0.277 e. The molecule has 0 bridgehead atoms. The van der Waals surface area contributed by atoms with Crippen molar-refractivity contribution in [2.24, 2.45) is 0 Å². The number of carbonyl (C=O) groups excluding carboxylic acids is 1. The van der Waals surface area contributed by atoms with Crippen molar-refractivity contribution in [3.05, 3.63) is 65.5 Å². The van der Waals surface area contributed by atoms with Crippen LogP contribution in [0.5, 0.6) is 0 Å². The minimum atomic E-state index is -0.131. The van der Waals surface area contributed by atoms with Gasteiger partial charge < -0.3 is 15.1 Å². The molecule has 6 nitrogen and oxygen atoms in total. The third-order valence-electron chi connectivity index (χ3n) is 3.10. The number of thioether (sulfide) groups is 1. The summed E-state index contributed by atoms with van der Waals surface area (Å²) in [6.07, 6.45) is 0. The van der Waals surface area contributed by atoms with Gasteiger partial charge in [0, 0.05) is 16.4 Å². The first-order valence-corrected chi connectivity index (χ1v) is 8.85. The number of hydrogen-bond donors (Lipinski definition) is 2. The first-order chi connectivity index (χ1) is 12.2. The van der Waals surface area contributed by atoms with E-state index in [9.17, 15) is 4.79 Å². The number of carbonyl (C=O) groups is 1. The highest BCUT2D eigenvalue weighted by atomic mass is 35.5. The number of anilines is 2. The van der Waals surface area contributed by atoms with Crippen LogP contribution in [0.1, 0.15) is 5.89 Å². The number of halogens is 1. The van der Waals surface area contributed by atoms with Crippen molar-refractivity contribution in [2.45, 2.75) is 11.8 Å². The fourth-order valence-corrected chi connectivity index (χ4v) is 2.76. The molecule has 0 fully saturated rings. The van der Waals surface area contributed by atoms with E-state index < -0.39 is 0 Å². The first kappa shape index (κ1) is 17.3. The molecule has 0 radical (unpaired) electrons. The fourth-order valence-electron chi connectivity index (χ4n) is 1.99. The number of rotatable bonds is 7. The lowest BCUT2D eigenvalue weighted by Crippen LogP contribution is -2.13. The van der Waals surface area contributed by atoms with E-state index >= 15 is 0 Å². The van der Waals surface area contributed by atoms with Crippen LogP contribution >= 0.6 is 23.4 Å². The van der Waals surface area contributed by atoms with Crippen LogP contribution in [0.3, 0.4) is 0 Å². The van der Waals surface area contributed by atoms with Gasteiger partial charge >= 0.3 is 0 Å². The molecule has 0 saturated heterocycles. The molecule has 0 spiro atoms. The normalized spacial score (nSPS) is 10.4. The predicted octanol–water partition coefficient (Wildman–Crippen LogP) is 4.07. The highest BCUT2D eigenvalue weighted by molar-refractivity contribution is 7.99. The SMILES string of the molecule is O=C(CSc1nnc(CNc2cccc(Cl)c2)o1)Nc1ccccc1. The van der Waals surface area contributed by atoms with Gasteiger partial charge in [-0.15, -0.1) is 10.2 Å². The Morgan fingerprint density at radius 1 is 1.08 bits per heavy atom. The maximum atomic E-state index is 11.9. The lowest BCUT2D eigenvalue weighted by Gasteiger charge is -2.03. The second-order valence-corrected chi connectivity index (χ2v) is 6.39. The van der Waals surface area contributed by atoms with Gasteiger partial charge in [0.05, 0.1) is 12.3 Å². The van der Waals surface area contributed by atoms with Gasteiger partial charge in [-0.2, -0.15) is 0 Å². The Morgan fingerprint density at radius 2 is 1.88 bits per heavy atom. The molecule has 0 aliphatic carbocycles. The standard InChI is InChI=1S/C17H15ClN4O2S/c18-12-5-4-8-14(9-12)19-10-16-21-22-17(24-16)25-11-15(23)20-13-6-2-1-3-7-13/h1-9,19H,10-11H2,(H,20,23). The molecule has 3 rings (SSSR count). The molecule has 3 aromatic rings. The lowest BCUT2D eigenvalue weighted by atomic mass is 10.3. The molecule has 2 N–H and O–H groups in total. The number of nitrogens with one attached hydrogen (secondary N) is 2. The first-order valence-electron chi connectivity index (χ1n) is 7.48. The van der Waals surface area contributed by atoms with Crippen LogP contribution in [0.2, 0.25) is 5.02 Å². The Bertz CT molecular complexity index is 841. The van der Waals surface area contributed by atoms with E-state index in [0.29, 0.717) is 22.7 Å². The number of nitrogens with zero attached hydrogens (tertiary/aromatic N) is 2. The molecule has 2 aromatic carbocycles. The Hall–Kier alpha value is -2.51. The largest absolute Gasteiger partial charge is 0.414 e. The zero-order chi connectivity index (χ0) is 17.5. The van der Waals surface area contributed by atoms with Gasteiger partial charge in [0.25, 0.3) is 5.22 Å². The number of aromatic nitrogens is 2. The Morgan fingerprint density at radius 3 is 2.68 bits per heavy atom. The van der Waals surface area contributed by atoms with Gasteiger partial charge in [-0.3, -0.25) is 4.79 Å². The molecule has 128 valence electrons. The Labute approximate surface area is 154 Å². The maximum absolute atomic E-state index is 11.9. The van der Waals surface area contributed by atoms with Gasteiger partial charge in [0.2, 0.25) is 11.8 Å². The summed E-state index contributed by atoms with van der Waals surface area (Å²) in [6, 6.07) is 16.6. The minimum Gasteiger partial charge on any atom is -0.414 e. The highest BCUT2D eigenvalue weighted by Gasteiger charge is 2.10. The zero-order valence-electron chi connectivity index (χ0n) is 13.1. The van der Waals surface area contributed by atoms with Gasteiger partial charge in [-0.05, 0) is 30.3 Å². The molecule has 8 heteroatoms. The van der Waals surface area contributed by atoms with Crippen molar-refractivity contribution in [1.82, 2.24) is 10.2 Å². The molecule has 0 aliphatic rings. The molecule has 1 amide bonds. The molecule has 1 aromatic heterocycles. The summed E-state index contributed by atoms with van der Waals surface area (Å²) in [5.74, 6) is 0.497. The summed E-state index contributed by atoms with van der Waals surface area (Å²) < 4.78 is 5.50. The minimum absolute atomic E-state index is 0.131. The van der Waals surface area contributed by atoms with Gasteiger partial charge in [0.1, 0.15) is 0 Å². The van der Waals surface area contributed by atoms with Crippen molar-refractivity contribution in [3.8, 4) is 0 Å². The summed E-state index contributed by atoms with van der Waals surface area (Å²) in [7, 11) is 0. The van der Waals surface area contributed by atoms with Gasteiger partial charge in [-0.25, -0.2) is 0 Å². The molecule has 0 saturated carbocycles.